The van der Waals surface area contributed by atoms with E-state index in [1.54, 1.807) is 35.3 Å². The maximum absolute atomic E-state index is 12.3. The number of carboxylic acids is 1. The molecule has 3 heterocycles. The molecule has 0 bridgehead atoms. The predicted octanol–water partition coefficient (Wildman–Crippen LogP) is 1.12. The first-order valence-electron chi connectivity index (χ1n) is 6.33. The molecule has 0 spiro atoms. The van der Waals surface area contributed by atoms with Crippen LogP contribution in [0.3, 0.4) is 0 Å². The van der Waals surface area contributed by atoms with Crippen molar-refractivity contribution in [3.63, 3.8) is 0 Å². The van der Waals surface area contributed by atoms with Crippen LogP contribution in [0.1, 0.15) is 16.3 Å². The highest BCUT2D eigenvalue weighted by molar-refractivity contribution is 7.99. The summed E-state index contributed by atoms with van der Waals surface area (Å²) in [6, 6.07) is 4.28. The molecular weight excluding hydrogens is 294 g/mol. The second kappa shape index (κ2) is 5.65. The fourth-order valence-corrected chi connectivity index (χ4v) is 3.27. The Morgan fingerprint density at radius 2 is 2.33 bits per heavy atom. The Hall–Kier alpha value is -2.22. The molecule has 1 atom stereocenters. The van der Waals surface area contributed by atoms with Gasteiger partial charge in [0, 0.05) is 18.1 Å². The summed E-state index contributed by atoms with van der Waals surface area (Å²) in [6.45, 7) is 0.428. The normalized spacial score (nSPS) is 18.1. The summed E-state index contributed by atoms with van der Waals surface area (Å²) in [5.74, 6) is 0.148. The van der Waals surface area contributed by atoms with E-state index >= 15 is 0 Å². The number of furan rings is 1. The SMILES string of the molecule is O=C(O)[C@@H]1CSCN1C(=O)c1ccc(Cn2cccn2)o1. The van der Waals surface area contributed by atoms with Crippen LogP contribution in [0.25, 0.3) is 0 Å². The van der Waals surface area contributed by atoms with Crippen LogP contribution in [0, 0.1) is 0 Å². The summed E-state index contributed by atoms with van der Waals surface area (Å²) in [4.78, 5) is 24.7. The van der Waals surface area contributed by atoms with Crippen molar-refractivity contribution in [1.82, 2.24) is 14.7 Å². The molecule has 7 nitrogen and oxygen atoms in total. The van der Waals surface area contributed by atoms with Crippen LogP contribution in [0.15, 0.2) is 35.0 Å². The third-order valence-electron chi connectivity index (χ3n) is 3.18. The van der Waals surface area contributed by atoms with Gasteiger partial charge in [0.25, 0.3) is 5.91 Å². The number of carbonyl (C=O) groups is 2. The summed E-state index contributed by atoms with van der Waals surface area (Å²) in [5, 5.41) is 13.2. The number of rotatable bonds is 4. The summed E-state index contributed by atoms with van der Waals surface area (Å²) in [6.07, 6.45) is 3.45. The molecule has 1 N–H and O–H groups in total. The van der Waals surface area contributed by atoms with Gasteiger partial charge in [0.2, 0.25) is 0 Å². The van der Waals surface area contributed by atoms with E-state index in [-0.39, 0.29) is 11.7 Å². The number of carbonyl (C=O) groups excluding carboxylic acids is 1. The van der Waals surface area contributed by atoms with Crippen LogP contribution in [0.5, 0.6) is 0 Å². The van der Waals surface area contributed by atoms with Crippen LogP contribution in [0.2, 0.25) is 0 Å². The Labute approximate surface area is 124 Å². The van der Waals surface area contributed by atoms with E-state index in [9.17, 15) is 9.59 Å². The van der Waals surface area contributed by atoms with Gasteiger partial charge in [-0.05, 0) is 18.2 Å². The molecule has 0 unspecified atom stereocenters. The molecule has 1 aliphatic rings. The molecule has 21 heavy (non-hydrogen) atoms. The first kappa shape index (κ1) is 13.7. The minimum Gasteiger partial charge on any atom is -0.480 e. The van der Waals surface area contributed by atoms with Gasteiger partial charge in [-0.2, -0.15) is 5.10 Å². The Kier molecular flexibility index (Phi) is 3.70. The Bertz CT molecular complexity index is 652. The van der Waals surface area contributed by atoms with E-state index < -0.39 is 12.0 Å². The number of thioether (sulfide) groups is 1. The first-order chi connectivity index (χ1) is 10.1. The number of amides is 1. The third-order valence-corrected chi connectivity index (χ3v) is 4.19. The predicted molar refractivity (Wildman–Crippen MR) is 75.0 cm³/mol. The number of nitrogens with zero attached hydrogens (tertiary/aromatic N) is 3. The molecule has 0 aliphatic carbocycles. The van der Waals surface area contributed by atoms with Gasteiger partial charge >= 0.3 is 5.97 Å². The molecule has 110 valence electrons. The molecule has 1 aliphatic heterocycles. The molecule has 2 aromatic heterocycles. The lowest BCUT2D eigenvalue weighted by Crippen LogP contribution is -2.41. The highest BCUT2D eigenvalue weighted by atomic mass is 32.2. The zero-order valence-electron chi connectivity index (χ0n) is 11.0. The number of carboxylic acid groups (broad SMARTS) is 1. The van der Waals surface area contributed by atoms with Crippen molar-refractivity contribution in [3.05, 3.63) is 42.1 Å². The fourth-order valence-electron chi connectivity index (χ4n) is 2.12. The van der Waals surface area contributed by atoms with Crippen molar-refractivity contribution >= 4 is 23.6 Å². The molecular formula is C13H13N3O4S. The Morgan fingerprint density at radius 1 is 1.48 bits per heavy atom. The average Bonchev–Trinajstić information content (AvgIpc) is 3.19. The van der Waals surface area contributed by atoms with E-state index in [2.05, 4.69) is 5.10 Å². The maximum Gasteiger partial charge on any atom is 0.327 e. The zero-order chi connectivity index (χ0) is 14.8. The number of aliphatic carboxylic acids is 1. The summed E-state index contributed by atoms with van der Waals surface area (Å²) in [5.41, 5.74) is 0. The molecule has 1 fully saturated rings. The number of hydrogen-bond donors (Lipinski definition) is 1. The highest BCUT2D eigenvalue weighted by Gasteiger charge is 2.36. The second-order valence-corrected chi connectivity index (χ2v) is 5.60. The summed E-state index contributed by atoms with van der Waals surface area (Å²) < 4.78 is 7.18. The van der Waals surface area contributed by atoms with Gasteiger partial charge in [-0.1, -0.05) is 0 Å². The Morgan fingerprint density at radius 3 is 3.05 bits per heavy atom. The quantitative estimate of drug-likeness (QED) is 0.910. The van der Waals surface area contributed by atoms with E-state index in [0.29, 0.717) is 23.9 Å². The molecule has 0 aromatic carbocycles. The van der Waals surface area contributed by atoms with Crippen LogP contribution in [-0.4, -0.2) is 49.3 Å². The van der Waals surface area contributed by atoms with Crippen molar-refractivity contribution in [1.29, 1.82) is 0 Å². The van der Waals surface area contributed by atoms with E-state index in [4.69, 9.17) is 9.52 Å². The van der Waals surface area contributed by atoms with Crippen molar-refractivity contribution in [3.8, 4) is 0 Å². The first-order valence-corrected chi connectivity index (χ1v) is 7.48. The maximum atomic E-state index is 12.3. The smallest absolute Gasteiger partial charge is 0.327 e. The number of hydrogen-bond acceptors (Lipinski definition) is 5. The van der Waals surface area contributed by atoms with Gasteiger partial charge in [0.1, 0.15) is 11.8 Å². The van der Waals surface area contributed by atoms with Gasteiger partial charge in [-0.25, -0.2) is 4.79 Å². The summed E-state index contributed by atoms with van der Waals surface area (Å²) in [7, 11) is 0. The second-order valence-electron chi connectivity index (χ2n) is 4.60. The molecule has 8 heteroatoms. The van der Waals surface area contributed by atoms with Crippen molar-refractivity contribution in [2.45, 2.75) is 12.6 Å². The van der Waals surface area contributed by atoms with Crippen LogP contribution in [0.4, 0.5) is 0 Å². The van der Waals surface area contributed by atoms with Crippen molar-refractivity contribution < 1.29 is 19.1 Å². The molecule has 0 radical (unpaired) electrons. The molecule has 0 saturated carbocycles. The standard InChI is InChI=1S/C13H13N3O4S/c17-12(16-8-21-7-10(16)13(18)19)11-3-2-9(20-11)6-15-5-1-4-14-15/h1-5,10H,6-8H2,(H,18,19)/t10-/m0/s1. The van der Waals surface area contributed by atoms with Gasteiger partial charge < -0.3 is 14.4 Å². The highest BCUT2D eigenvalue weighted by Crippen LogP contribution is 2.24. The molecule has 3 rings (SSSR count). The van der Waals surface area contributed by atoms with Gasteiger partial charge in [-0.3, -0.25) is 9.48 Å². The lowest BCUT2D eigenvalue weighted by atomic mass is 10.3. The summed E-state index contributed by atoms with van der Waals surface area (Å²) >= 11 is 1.42. The monoisotopic (exact) mass is 307 g/mol. The third kappa shape index (κ3) is 2.80. The van der Waals surface area contributed by atoms with Crippen molar-refractivity contribution in [2.24, 2.45) is 0 Å². The minimum absolute atomic E-state index is 0.158. The van der Waals surface area contributed by atoms with E-state index in [0.717, 1.165) is 0 Å². The zero-order valence-corrected chi connectivity index (χ0v) is 11.8. The fraction of sp³-hybridized carbons (Fsp3) is 0.308. The Balaban J connectivity index is 1.73. The topological polar surface area (TPSA) is 88.6 Å². The van der Waals surface area contributed by atoms with Crippen LogP contribution >= 0.6 is 11.8 Å². The van der Waals surface area contributed by atoms with Crippen LogP contribution < -0.4 is 0 Å². The molecule has 1 saturated heterocycles. The lowest BCUT2D eigenvalue weighted by molar-refractivity contribution is -0.140. The molecule has 1 amide bonds. The minimum atomic E-state index is -0.989. The van der Waals surface area contributed by atoms with E-state index in [1.807, 2.05) is 0 Å². The number of aromatic nitrogens is 2. The van der Waals surface area contributed by atoms with Gasteiger partial charge in [-0.15, -0.1) is 11.8 Å². The van der Waals surface area contributed by atoms with Gasteiger partial charge in [0.15, 0.2) is 5.76 Å². The molecule has 2 aromatic rings. The van der Waals surface area contributed by atoms with E-state index in [1.165, 1.54) is 16.7 Å². The largest absolute Gasteiger partial charge is 0.480 e. The van der Waals surface area contributed by atoms with Gasteiger partial charge in [0.05, 0.1) is 12.4 Å². The average molecular weight is 307 g/mol. The van der Waals surface area contributed by atoms with Crippen LogP contribution in [-0.2, 0) is 11.3 Å². The van der Waals surface area contributed by atoms with Crippen molar-refractivity contribution in [2.75, 3.05) is 11.6 Å². The lowest BCUT2D eigenvalue weighted by Gasteiger charge is -2.18.